The Morgan fingerprint density at radius 3 is 1.59 bits per heavy atom. The van der Waals surface area contributed by atoms with E-state index in [-0.39, 0.29) is 6.61 Å². The summed E-state index contributed by atoms with van der Waals surface area (Å²) in [5.41, 5.74) is 1.32. The van der Waals surface area contributed by atoms with Crippen molar-refractivity contribution in [2.45, 2.75) is 110 Å². The summed E-state index contributed by atoms with van der Waals surface area (Å²) in [5.74, 6) is 0.384. The SMILES string of the molecule is C=C(CCCCCCCCCCCCCCC)CC(C)CO. The van der Waals surface area contributed by atoms with Crippen molar-refractivity contribution in [1.29, 1.82) is 0 Å². The summed E-state index contributed by atoms with van der Waals surface area (Å²) in [5, 5.41) is 9.03. The highest BCUT2D eigenvalue weighted by Crippen LogP contribution is 2.17. The topological polar surface area (TPSA) is 20.2 Å². The monoisotopic (exact) mass is 310 g/mol. The molecule has 1 heteroatoms. The zero-order chi connectivity index (χ0) is 16.5. The standard InChI is InChI=1S/C21H42O/c1-4-5-6-7-8-9-10-11-12-13-14-15-16-17-20(2)18-21(3)19-22/h21-22H,2,4-19H2,1,3H3. The molecule has 0 amide bonds. The summed E-state index contributed by atoms with van der Waals surface area (Å²) in [6.07, 6.45) is 20.5. The molecule has 0 spiro atoms. The van der Waals surface area contributed by atoms with Crippen LogP contribution >= 0.6 is 0 Å². The Bertz CT molecular complexity index is 234. The van der Waals surface area contributed by atoms with Crippen LogP contribution in [0, 0.1) is 5.92 Å². The number of allylic oxidation sites excluding steroid dienone is 1. The first kappa shape index (κ1) is 21.7. The highest BCUT2D eigenvalue weighted by Gasteiger charge is 2.02. The molecular formula is C21H42O. The summed E-state index contributed by atoms with van der Waals surface area (Å²) >= 11 is 0. The third-order valence-corrected chi connectivity index (χ3v) is 4.58. The minimum atomic E-state index is 0.289. The molecule has 0 saturated heterocycles. The third-order valence-electron chi connectivity index (χ3n) is 4.58. The average molecular weight is 311 g/mol. The lowest BCUT2D eigenvalue weighted by molar-refractivity contribution is 0.236. The second kappa shape index (κ2) is 17.1. The van der Waals surface area contributed by atoms with Crippen molar-refractivity contribution in [3.8, 4) is 0 Å². The van der Waals surface area contributed by atoms with E-state index in [0.29, 0.717) is 5.92 Å². The fourth-order valence-electron chi connectivity index (χ4n) is 3.05. The maximum atomic E-state index is 9.03. The largest absolute Gasteiger partial charge is 0.396 e. The minimum absolute atomic E-state index is 0.289. The number of aliphatic hydroxyl groups is 1. The van der Waals surface area contributed by atoms with Gasteiger partial charge in [0, 0.05) is 6.61 Å². The quantitative estimate of drug-likeness (QED) is 0.225. The van der Waals surface area contributed by atoms with Gasteiger partial charge >= 0.3 is 0 Å². The van der Waals surface area contributed by atoms with Gasteiger partial charge in [-0.25, -0.2) is 0 Å². The molecule has 0 heterocycles. The van der Waals surface area contributed by atoms with Gasteiger partial charge in [-0.1, -0.05) is 103 Å². The summed E-state index contributed by atoms with van der Waals surface area (Å²) in [6.45, 7) is 8.79. The predicted molar refractivity (Wildman–Crippen MR) is 100 cm³/mol. The predicted octanol–water partition coefficient (Wildman–Crippen LogP) is 7.04. The van der Waals surface area contributed by atoms with Crippen LogP contribution in [0.2, 0.25) is 0 Å². The Kier molecular flexibility index (Phi) is 16.8. The molecule has 1 atom stereocenters. The van der Waals surface area contributed by atoms with Gasteiger partial charge in [-0.3, -0.25) is 0 Å². The molecule has 1 N–H and O–H groups in total. The summed E-state index contributed by atoms with van der Waals surface area (Å²) in [6, 6.07) is 0. The summed E-state index contributed by atoms with van der Waals surface area (Å²) < 4.78 is 0. The Balaban J connectivity index is 3.12. The van der Waals surface area contributed by atoms with Crippen LogP contribution in [0.1, 0.15) is 110 Å². The molecule has 132 valence electrons. The van der Waals surface area contributed by atoms with Crippen LogP contribution in [0.5, 0.6) is 0 Å². The van der Waals surface area contributed by atoms with E-state index in [1.807, 2.05) is 0 Å². The molecule has 0 aliphatic carbocycles. The van der Waals surface area contributed by atoms with Crippen molar-refractivity contribution in [1.82, 2.24) is 0 Å². The average Bonchev–Trinajstić information content (AvgIpc) is 2.51. The fraction of sp³-hybridized carbons (Fsp3) is 0.905. The maximum absolute atomic E-state index is 9.03. The zero-order valence-corrected chi connectivity index (χ0v) is 15.5. The van der Waals surface area contributed by atoms with E-state index in [1.54, 1.807) is 0 Å². The van der Waals surface area contributed by atoms with Gasteiger partial charge in [0.25, 0.3) is 0 Å². The fourth-order valence-corrected chi connectivity index (χ4v) is 3.05. The first-order valence-corrected chi connectivity index (χ1v) is 9.98. The second-order valence-corrected chi connectivity index (χ2v) is 7.23. The van der Waals surface area contributed by atoms with Crippen molar-refractivity contribution in [2.75, 3.05) is 6.61 Å². The third kappa shape index (κ3) is 16.1. The number of rotatable bonds is 17. The molecule has 0 aromatic rings. The first-order valence-electron chi connectivity index (χ1n) is 9.98. The Morgan fingerprint density at radius 1 is 0.773 bits per heavy atom. The molecule has 0 saturated carbocycles. The molecule has 22 heavy (non-hydrogen) atoms. The highest BCUT2D eigenvalue weighted by atomic mass is 16.3. The molecule has 0 radical (unpaired) electrons. The van der Waals surface area contributed by atoms with E-state index in [0.717, 1.165) is 12.8 Å². The molecule has 0 aromatic heterocycles. The molecule has 0 aromatic carbocycles. The van der Waals surface area contributed by atoms with E-state index in [4.69, 9.17) is 5.11 Å². The van der Waals surface area contributed by atoms with Crippen LogP contribution in [0.25, 0.3) is 0 Å². The molecule has 1 unspecified atom stereocenters. The van der Waals surface area contributed by atoms with Crippen molar-refractivity contribution in [2.24, 2.45) is 5.92 Å². The lowest BCUT2D eigenvalue weighted by Gasteiger charge is -2.10. The molecular weight excluding hydrogens is 268 g/mol. The number of aliphatic hydroxyl groups excluding tert-OH is 1. The van der Waals surface area contributed by atoms with Gasteiger partial charge < -0.3 is 5.11 Å². The van der Waals surface area contributed by atoms with Crippen molar-refractivity contribution < 1.29 is 5.11 Å². The van der Waals surface area contributed by atoms with E-state index < -0.39 is 0 Å². The molecule has 0 aliphatic heterocycles. The lowest BCUT2D eigenvalue weighted by atomic mass is 9.98. The van der Waals surface area contributed by atoms with Crippen LogP contribution in [-0.4, -0.2) is 11.7 Å². The molecule has 0 aliphatic rings. The van der Waals surface area contributed by atoms with Crippen molar-refractivity contribution in [3.05, 3.63) is 12.2 Å². The van der Waals surface area contributed by atoms with Crippen LogP contribution in [0.15, 0.2) is 12.2 Å². The highest BCUT2D eigenvalue weighted by molar-refractivity contribution is 4.94. The Morgan fingerprint density at radius 2 is 1.18 bits per heavy atom. The van der Waals surface area contributed by atoms with Crippen LogP contribution in [0.3, 0.4) is 0 Å². The van der Waals surface area contributed by atoms with E-state index in [2.05, 4.69) is 20.4 Å². The lowest BCUT2D eigenvalue weighted by Crippen LogP contribution is -2.01. The van der Waals surface area contributed by atoms with Crippen molar-refractivity contribution >= 4 is 0 Å². The molecule has 1 nitrogen and oxygen atoms in total. The number of unbranched alkanes of at least 4 members (excludes halogenated alkanes) is 12. The van der Waals surface area contributed by atoms with Gasteiger partial charge in [0.15, 0.2) is 0 Å². The van der Waals surface area contributed by atoms with Crippen LogP contribution in [0.4, 0.5) is 0 Å². The van der Waals surface area contributed by atoms with Crippen LogP contribution < -0.4 is 0 Å². The first-order chi connectivity index (χ1) is 10.7. The maximum Gasteiger partial charge on any atom is 0.0459 e. The van der Waals surface area contributed by atoms with Gasteiger partial charge in [0.2, 0.25) is 0 Å². The van der Waals surface area contributed by atoms with Gasteiger partial charge in [-0.15, -0.1) is 0 Å². The summed E-state index contributed by atoms with van der Waals surface area (Å²) in [4.78, 5) is 0. The van der Waals surface area contributed by atoms with E-state index in [9.17, 15) is 0 Å². The number of hydrogen-bond acceptors (Lipinski definition) is 1. The number of hydrogen-bond donors (Lipinski definition) is 1. The van der Waals surface area contributed by atoms with E-state index in [1.165, 1.54) is 89.0 Å². The van der Waals surface area contributed by atoms with Gasteiger partial charge in [0.05, 0.1) is 0 Å². The normalized spacial score (nSPS) is 12.5. The molecule has 0 fully saturated rings. The second-order valence-electron chi connectivity index (χ2n) is 7.23. The summed E-state index contributed by atoms with van der Waals surface area (Å²) in [7, 11) is 0. The van der Waals surface area contributed by atoms with Crippen LogP contribution in [-0.2, 0) is 0 Å². The molecule has 0 rings (SSSR count). The van der Waals surface area contributed by atoms with E-state index >= 15 is 0 Å². The zero-order valence-electron chi connectivity index (χ0n) is 15.5. The Labute approximate surface area is 140 Å². The van der Waals surface area contributed by atoms with Gasteiger partial charge in [0.1, 0.15) is 0 Å². The minimum Gasteiger partial charge on any atom is -0.396 e. The van der Waals surface area contributed by atoms with Crippen molar-refractivity contribution in [3.63, 3.8) is 0 Å². The Hall–Kier alpha value is -0.300. The van der Waals surface area contributed by atoms with Gasteiger partial charge in [-0.05, 0) is 25.2 Å². The smallest absolute Gasteiger partial charge is 0.0459 e. The van der Waals surface area contributed by atoms with Gasteiger partial charge in [-0.2, -0.15) is 0 Å². The molecule has 0 bridgehead atoms.